The lowest BCUT2D eigenvalue weighted by Crippen LogP contribution is -2.32. The van der Waals surface area contributed by atoms with Gasteiger partial charge < -0.3 is 21.5 Å². The number of amides is 1. The van der Waals surface area contributed by atoms with Crippen LogP contribution in [0.15, 0.2) is 0 Å². The SMILES string of the molecule is CC(CO)N(C)c1snc(N)c1C(N)=O. The number of aliphatic hydroxyl groups is 1. The second kappa shape index (κ2) is 4.45. The van der Waals surface area contributed by atoms with E-state index in [1.165, 1.54) is 0 Å². The average molecular weight is 230 g/mol. The molecule has 0 saturated heterocycles. The first-order chi connectivity index (χ1) is 6.99. The highest BCUT2D eigenvalue weighted by molar-refractivity contribution is 7.11. The number of rotatable bonds is 4. The molecule has 1 aromatic heterocycles. The van der Waals surface area contributed by atoms with E-state index in [2.05, 4.69) is 4.37 Å². The maximum Gasteiger partial charge on any atom is 0.255 e. The second-order valence-electron chi connectivity index (χ2n) is 3.25. The molecule has 5 N–H and O–H groups in total. The zero-order chi connectivity index (χ0) is 11.6. The summed E-state index contributed by atoms with van der Waals surface area (Å²) in [5.41, 5.74) is 11.0. The topological polar surface area (TPSA) is 105 Å². The highest BCUT2D eigenvalue weighted by Crippen LogP contribution is 2.30. The Bertz CT molecular complexity index is 366. The van der Waals surface area contributed by atoms with Crippen molar-refractivity contribution in [2.45, 2.75) is 13.0 Å². The predicted octanol–water partition coefficient (Wildman–Crippen LogP) is -0.359. The van der Waals surface area contributed by atoms with Crippen molar-refractivity contribution in [1.82, 2.24) is 4.37 Å². The first-order valence-electron chi connectivity index (χ1n) is 4.37. The molecule has 0 aromatic carbocycles. The lowest BCUT2D eigenvalue weighted by Gasteiger charge is -2.23. The molecule has 1 atom stereocenters. The molecule has 0 aliphatic rings. The minimum Gasteiger partial charge on any atom is -0.394 e. The number of hydrogen-bond acceptors (Lipinski definition) is 6. The van der Waals surface area contributed by atoms with Crippen molar-refractivity contribution in [3.63, 3.8) is 0 Å². The van der Waals surface area contributed by atoms with E-state index in [1.54, 1.807) is 11.9 Å². The largest absolute Gasteiger partial charge is 0.394 e. The van der Waals surface area contributed by atoms with E-state index in [1.807, 2.05) is 6.92 Å². The molecule has 0 radical (unpaired) electrons. The summed E-state index contributed by atoms with van der Waals surface area (Å²) < 4.78 is 3.87. The molecule has 0 aliphatic heterocycles. The summed E-state index contributed by atoms with van der Waals surface area (Å²) in [7, 11) is 1.75. The Morgan fingerprint density at radius 2 is 2.33 bits per heavy atom. The Labute approximate surface area is 91.7 Å². The van der Waals surface area contributed by atoms with Gasteiger partial charge in [-0.25, -0.2) is 0 Å². The van der Waals surface area contributed by atoms with E-state index >= 15 is 0 Å². The molecule has 0 fully saturated rings. The molecule has 1 heterocycles. The smallest absolute Gasteiger partial charge is 0.255 e. The number of nitrogens with zero attached hydrogens (tertiary/aromatic N) is 2. The molecular weight excluding hydrogens is 216 g/mol. The van der Waals surface area contributed by atoms with Crippen molar-refractivity contribution in [3.05, 3.63) is 5.56 Å². The summed E-state index contributed by atoms with van der Waals surface area (Å²) in [6.07, 6.45) is 0. The second-order valence-corrected chi connectivity index (χ2v) is 4.01. The van der Waals surface area contributed by atoms with Crippen molar-refractivity contribution >= 4 is 28.3 Å². The Morgan fingerprint density at radius 3 is 2.80 bits per heavy atom. The molecule has 0 saturated carbocycles. The molecular formula is C8H14N4O2S. The zero-order valence-electron chi connectivity index (χ0n) is 8.60. The van der Waals surface area contributed by atoms with Gasteiger partial charge in [0.2, 0.25) is 0 Å². The van der Waals surface area contributed by atoms with Gasteiger partial charge in [0.25, 0.3) is 5.91 Å². The number of carbonyl (C=O) groups excluding carboxylic acids is 1. The van der Waals surface area contributed by atoms with Gasteiger partial charge in [-0.2, -0.15) is 4.37 Å². The molecule has 15 heavy (non-hydrogen) atoms. The fourth-order valence-corrected chi connectivity index (χ4v) is 1.97. The van der Waals surface area contributed by atoms with Crippen molar-refractivity contribution in [3.8, 4) is 0 Å². The lowest BCUT2D eigenvalue weighted by atomic mass is 10.2. The van der Waals surface area contributed by atoms with E-state index in [0.717, 1.165) is 11.5 Å². The number of nitrogens with two attached hydrogens (primary N) is 2. The molecule has 0 spiro atoms. The highest BCUT2D eigenvalue weighted by Gasteiger charge is 2.21. The van der Waals surface area contributed by atoms with Gasteiger partial charge in [0.1, 0.15) is 10.6 Å². The third-order valence-electron chi connectivity index (χ3n) is 2.19. The van der Waals surface area contributed by atoms with Crippen LogP contribution in [-0.2, 0) is 0 Å². The van der Waals surface area contributed by atoms with Crippen LogP contribution in [-0.4, -0.2) is 35.1 Å². The summed E-state index contributed by atoms with van der Waals surface area (Å²) in [5, 5.41) is 9.58. The van der Waals surface area contributed by atoms with Crippen molar-refractivity contribution in [2.75, 3.05) is 24.3 Å². The number of carbonyl (C=O) groups is 1. The molecule has 0 aliphatic carbocycles. The maximum atomic E-state index is 11.1. The lowest BCUT2D eigenvalue weighted by molar-refractivity contribution is 0.100. The minimum absolute atomic E-state index is 0.0213. The van der Waals surface area contributed by atoms with Crippen molar-refractivity contribution < 1.29 is 9.90 Å². The van der Waals surface area contributed by atoms with Gasteiger partial charge in [0, 0.05) is 13.1 Å². The number of hydrogen-bond donors (Lipinski definition) is 3. The van der Waals surface area contributed by atoms with Gasteiger partial charge in [0.05, 0.1) is 6.61 Å². The average Bonchev–Trinajstić information content (AvgIpc) is 2.57. The Kier molecular flexibility index (Phi) is 3.48. The summed E-state index contributed by atoms with van der Waals surface area (Å²) in [6.45, 7) is 1.80. The Balaban J connectivity index is 3.09. The van der Waals surface area contributed by atoms with Crippen LogP contribution in [0.5, 0.6) is 0 Å². The summed E-state index contributed by atoms with van der Waals surface area (Å²) in [5.74, 6) is -0.465. The molecule has 1 amide bonds. The number of primary amides is 1. The zero-order valence-corrected chi connectivity index (χ0v) is 9.41. The first kappa shape index (κ1) is 11.7. The van der Waals surface area contributed by atoms with E-state index in [9.17, 15) is 4.79 Å². The summed E-state index contributed by atoms with van der Waals surface area (Å²) in [6, 6.07) is -0.122. The fourth-order valence-electron chi connectivity index (χ4n) is 1.09. The van der Waals surface area contributed by atoms with Gasteiger partial charge in [-0.3, -0.25) is 4.79 Å². The molecule has 0 bridgehead atoms. The van der Waals surface area contributed by atoms with Gasteiger partial charge in [-0.05, 0) is 18.5 Å². The quantitative estimate of drug-likeness (QED) is 0.655. The maximum absolute atomic E-state index is 11.1. The minimum atomic E-state index is -0.603. The fraction of sp³-hybridized carbons (Fsp3) is 0.500. The van der Waals surface area contributed by atoms with Gasteiger partial charge >= 0.3 is 0 Å². The van der Waals surface area contributed by atoms with E-state index in [4.69, 9.17) is 16.6 Å². The number of anilines is 2. The highest BCUT2D eigenvalue weighted by atomic mass is 32.1. The van der Waals surface area contributed by atoms with Crippen LogP contribution in [0.1, 0.15) is 17.3 Å². The number of likely N-dealkylation sites (N-methyl/N-ethyl adjacent to an activating group) is 1. The van der Waals surface area contributed by atoms with Crippen LogP contribution in [0.25, 0.3) is 0 Å². The Hall–Kier alpha value is -1.34. The Morgan fingerprint density at radius 1 is 1.73 bits per heavy atom. The first-order valence-corrected chi connectivity index (χ1v) is 5.15. The number of aliphatic hydroxyl groups excluding tert-OH is 1. The van der Waals surface area contributed by atoms with Gasteiger partial charge in [-0.1, -0.05) is 0 Å². The number of nitrogen functional groups attached to an aromatic ring is 1. The third-order valence-corrected chi connectivity index (χ3v) is 3.15. The van der Waals surface area contributed by atoms with Gasteiger partial charge in [-0.15, -0.1) is 0 Å². The van der Waals surface area contributed by atoms with E-state index in [0.29, 0.717) is 5.00 Å². The van der Waals surface area contributed by atoms with Crippen LogP contribution in [0.4, 0.5) is 10.8 Å². The molecule has 1 aromatic rings. The van der Waals surface area contributed by atoms with Crippen LogP contribution in [0, 0.1) is 0 Å². The van der Waals surface area contributed by atoms with Gasteiger partial charge in [0.15, 0.2) is 5.82 Å². The van der Waals surface area contributed by atoms with Crippen molar-refractivity contribution in [1.29, 1.82) is 0 Å². The molecule has 6 nitrogen and oxygen atoms in total. The molecule has 1 rings (SSSR count). The molecule has 7 heteroatoms. The van der Waals surface area contributed by atoms with Crippen molar-refractivity contribution in [2.24, 2.45) is 5.73 Å². The van der Waals surface area contributed by atoms with Crippen LogP contribution >= 0.6 is 11.5 Å². The monoisotopic (exact) mass is 230 g/mol. The van der Waals surface area contributed by atoms with Crippen LogP contribution in [0.2, 0.25) is 0 Å². The van der Waals surface area contributed by atoms with Crippen LogP contribution < -0.4 is 16.4 Å². The third kappa shape index (κ3) is 2.18. The predicted molar refractivity (Wildman–Crippen MR) is 60.0 cm³/mol. The summed E-state index contributed by atoms with van der Waals surface area (Å²) in [4.78, 5) is 12.9. The molecule has 84 valence electrons. The van der Waals surface area contributed by atoms with Crippen LogP contribution in [0.3, 0.4) is 0 Å². The summed E-state index contributed by atoms with van der Waals surface area (Å²) >= 11 is 1.10. The van der Waals surface area contributed by atoms with E-state index < -0.39 is 5.91 Å². The number of aromatic nitrogens is 1. The van der Waals surface area contributed by atoms with E-state index in [-0.39, 0.29) is 24.0 Å². The standard InChI is InChI=1S/C8H14N4O2S/c1-4(3-13)12(2)8-5(7(10)14)6(9)11-15-8/h4,13H,3H2,1-2H3,(H2,9,11)(H2,10,14). The molecule has 1 unspecified atom stereocenters. The normalized spacial score (nSPS) is 12.5.